The van der Waals surface area contributed by atoms with Crippen molar-refractivity contribution in [2.24, 2.45) is 0 Å². The van der Waals surface area contributed by atoms with Gasteiger partial charge in [0, 0.05) is 0 Å². The monoisotopic (exact) mass is 422 g/mol. The molecule has 0 aromatic rings. The fourth-order valence-electron chi connectivity index (χ4n) is 1.37. The van der Waals surface area contributed by atoms with Gasteiger partial charge in [-0.25, -0.2) is 13.7 Å². The molecule has 0 aliphatic carbocycles. The van der Waals surface area contributed by atoms with Crippen molar-refractivity contribution in [1.29, 1.82) is 0 Å². The Morgan fingerprint density at radius 2 is 1.25 bits per heavy atom. The third kappa shape index (κ3) is 10.9. The maximum absolute atomic E-state index is 10.9. The van der Waals surface area contributed by atoms with Gasteiger partial charge >= 0.3 is 23.5 Å². The van der Waals surface area contributed by atoms with Crippen LogP contribution in [-0.2, 0) is 27.3 Å². The normalized spacial score (nSPS) is 18.9. The lowest BCUT2D eigenvalue weighted by Crippen LogP contribution is -2.49. The van der Waals surface area contributed by atoms with Crippen LogP contribution in [0.2, 0.25) is 0 Å². The average molecular weight is 422 g/mol. The largest absolute Gasteiger partial charge is 0.470 e. The zero-order valence-corrected chi connectivity index (χ0v) is 14.2. The van der Waals surface area contributed by atoms with Gasteiger partial charge in [-0.3, -0.25) is 13.6 Å². The van der Waals surface area contributed by atoms with Crippen LogP contribution in [0.15, 0.2) is 0 Å². The van der Waals surface area contributed by atoms with E-state index in [9.17, 15) is 23.9 Å². The summed E-state index contributed by atoms with van der Waals surface area (Å²) in [6, 6.07) is 0. The Morgan fingerprint density at radius 1 is 0.792 bits per heavy atom. The average Bonchev–Trinajstić information content (AvgIpc) is 2.36. The van der Waals surface area contributed by atoms with Crippen molar-refractivity contribution >= 4 is 23.5 Å². The van der Waals surface area contributed by atoms with Gasteiger partial charge in [0.1, 0.15) is 24.4 Å². The Balaban J connectivity index is 5.62. The first-order chi connectivity index (χ1) is 10.6. The number of rotatable bonds is 11. The molecule has 0 aliphatic rings. The molecule has 0 saturated carbocycles. The van der Waals surface area contributed by atoms with Crippen LogP contribution >= 0.6 is 23.5 Å². The molecule has 0 heterocycles. The summed E-state index contributed by atoms with van der Waals surface area (Å²) in [6.45, 7) is -2.57. The molecule has 0 fully saturated rings. The van der Waals surface area contributed by atoms with Gasteiger partial charge in [0.25, 0.3) is 0 Å². The number of aliphatic hydroxyl groups is 3. The van der Waals surface area contributed by atoms with E-state index in [1.54, 1.807) is 0 Å². The van der Waals surface area contributed by atoms with Crippen molar-refractivity contribution in [3.8, 4) is 0 Å². The van der Waals surface area contributed by atoms with E-state index >= 15 is 0 Å². The molecule has 18 heteroatoms. The third-order valence-corrected chi connectivity index (χ3v) is 3.77. The molecule has 0 bridgehead atoms. The molecule has 0 unspecified atom stereocenters. The van der Waals surface area contributed by atoms with Crippen LogP contribution < -0.4 is 0 Å². The second kappa shape index (κ2) is 9.24. The first-order valence-electron chi connectivity index (χ1n) is 5.70. The number of phosphoric acid groups is 3. The molecular formula is C6H17O15P3. The van der Waals surface area contributed by atoms with Gasteiger partial charge in [-0.2, -0.15) is 0 Å². The molecule has 0 saturated heterocycles. The minimum atomic E-state index is -5.44. The van der Waals surface area contributed by atoms with E-state index in [0.717, 1.165) is 0 Å². The van der Waals surface area contributed by atoms with E-state index in [1.807, 2.05) is 0 Å². The van der Waals surface area contributed by atoms with Crippen LogP contribution in [0.4, 0.5) is 0 Å². The van der Waals surface area contributed by atoms with Crippen molar-refractivity contribution in [3.63, 3.8) is 0 Å². The molecular weight excluding hydrogens is 405 g/mol. The van der Waals surface area contributed by atoms with E-state index in [1.165, 1.54) is 0 Å². The molecule has 0 amide bonds. The molecule has 0 rings (SSSR count). The predicted octanol–water partition coefficient (Wildman–Crippen LogP) is -3.23. The van der Waals surface area contributed by atoms with Crippen LogP contribution in [0, 0.1) is 0 Å². The predicted molar refractivity (Wildman–Crippen MR) is 70.9 cm³/mol. The maximum Gasteiger partial charge on any atom is 0.470 e. The van der Waals surface area contributed by atoms with E-state index < -0.39 is 61.1 Å². The second-order valence-corrected chi connectivity index (χ2v) is 7.85. The van der Waals surface area contributed by atoms with Gasteiger partial charge in [0.2, 0.25) is 0 Å². The highest BCUT2D eigenvalue weighted by Gasteiger charge is 2.42. The molecule has 4 atom stereocenters. The fourth-order valence-corrected chi connectivity index (χ4v) is 2.82. The molecule has 24 heavy (non-hydrogen) atoms. The minimum absolute atomic E-state index is 1.16. The van der Waals surface area contributed by atoms with E-state index in [0.29, 0.717) is 0 Å². The highest BCUT2D eigenvalue weighted by molar-refractivity contribution is 7.47. The molecule has 15 nitrogen and oxygen atoms in total. The Hall–Kier alpha value is 0.210. The number of aliphatic hydroxyl groups excluding tert-OH is 3. The molecule has 0 aliphatic heterocycles. The van der Waals surface area contributed by atoms with E-state index in [-0.39, 0.29) is 0 Å². The summed E-state index contributed by atoms with van der Waals surface area (Å²) in [5.41, 5.74) is 0. The van der Waals surface area contributed by atoms with E-state index in [2.05, 4.69) is 13.6 Å². The summed E-state index contributed by atoms with van der Waals surface area (Å²) < 4.78 is 44.4. The molecule has 0 aromatic carbocycles. The van der Waals surface area contributed by atoms with Crippen LogP contribution in [0.25, 0.3) is 0 Å². The quantitative estimate of drug-likeness (QED) is 0.148. The van der Waals surface area contributed by atoms with Crippen molar-refractivity contribution < 1.29 is 71.9 Å². The molecule has 146 valence electrons. The molecule has 0 aromatic heterocycles. The number of phosphoric ester groups is 3. The maximum atomic E-state index is 10.9. The van der Waals surface area contributed by atoms with Gasteiger partial charge in [-0.1, -0.05) is 0 Å². The second-order valence-electron chi connectivity index (χ2n) is 4.22. The zero-order valence-electron chi connectivity index (χ0n) is 11.5. The van der Waals surface area contributed by atoms with Crippen LogP contribution in [0.3, 0.4) is 0 Å². The lowest BCUT2D eigenvalue weighted by molar-refractivity contribution is -0.116. The van der Waals surface area contributed by atoms with Gasteiger partial charge in [0.15, 0.2) is 0 Å². The molecule has 9 N–H and O–H groups in total. The van der Waals surface area contributed by atoms with Crippen LogP contribution in [0.5, 0.6) is 0 Å². The highest BCUT2D eigenvalue weighted by Crippen LogP contribution is 2.45. The van der Waals surface area contributed by atoms with Gasteiger partial charge < -0.3 is 44.7 Å². The van der Waals surface area contributed by atoms with Gasteiger partial charge in [0.05, 0.1) is 13.2 Å². The topological polar surface area (TPSA) is 261 Å². The SMILES string of the molecule is O=P(O)(O)OC[C@H](OP(=O)(O)O)[C@H](OP(=O)(O)O)[C@@H](O)[C@H](O)CO. The zero-order chi connectivity index (χ0) is 19.3. The molecule has 0 radical (unpaired) electrons. The van der Waals surface area contributed by atoms with Crippen molar-refractivity contribution in [2.45, 2.75) is 24.4 Å². The van der Waals surface area contributed by atoms with Crippen LogP contribution in [0.1, 0.15) is 0 Å². The summed E-state index contributed by atoms with van der Waals surface area (Å²) >= 11 is 0. The highest BCUT2D eigenvalue weighted by atomic mass is 31.2. The third-order valence-electron chi connectivity index (χ3n) is 2.22. The van der Waals surface area contributed by atoms with Gasteiger partial charge in [-0.05, 0) is 0 Å². The summed E-state index contributed by atoms with van der Waals surface area (Å²) in [6.07, 6.45) is -9.31. The Labute approximate surface area is 134 Å². The Morgan fingerprint density at radius 3 is 1.58 bits per heavy atom. The lowest BCUT2D eigenvalue weighted by atomic mass is 10.0. The summed E-state index contributed by atoms with van der Waals surface area (Å²) in [4.78, 5) is 52.1. The first-order valence-corrected chi connectivity index (χ1v) is 10.3. The number of hydrogen-bond donors (Lipinski definition) is 9. The number of hydrogen-bond acceptors (Lipinski definition) is 9. The van der Waals surface area contributed by atoms with Crippen molar-refractivity contribution in [3.05, 3.63) is 0 Å². The standard InChI is InChI=1S/C6H17O15P3/c7-1-3(8)5(9)6(21-24(16,17)18)4(20-23(13,14)15)2-19-22(10,11)12/h3-9H,1-2H2,(H2,10,11,12)(H2,13,14,15)(H2,16,17,18)/t3-,4+,5+,6+/m1/s1. The fraction of sp³-hybridized carbons (Fsp3) is 1.00. The van der Waals surface area contributed by atoms with Crippen molar-refractivity contribution in [2.75, 3.05) is 13.2 Å². The Bertz CT molecular complexity index is 517. The minimum Gasteiger partial charge on any atom is -0.394 e. The summed E-state index contributed by atoms with van der Waals surface area (Å²) in [7, 11) is -16.1. The smallest absolute Gasteiger partial charge is 0.394 e. The summed E-state index contributed by atoms with van der Waals surface area (Å²) in [5.74, 6) is 0. The lowest BCUT2D eigenvalue weighted by Gasteiger charge is -2.32. The van der Waals surface area contributed by atoms with Gasteiger partial charge in [-0.15, -0.1) is 0 Å². The molecule has 0 spiro atoms. The Kier molecular flexibility index (Phi) is 9.32. The van der Waals surface area contributed by atoms with Crippen molar-refractivity contribution in [1.82, 2.24) is 0 Å². The van der Waals surface area contributed by atoms with Crippen LogP contribution in [-0.4, -0.2) is 82.3 Å². The van der Waals surface area contributed by atoms with E-state index in [4.69, 9.17) is 34.5 Å². The first kappa shape index (κ1) is 24.2. The summed E-state index contributed by atoms with van der Waals surface area (Å²) in [5, 5.41) is 27.7.